The van der Waals surface area contributed by atoms with Crippen molar-refractivity contribution in [2.24, 2.45) is 0 Å². The first kappa shape index (κ1) is 14.8. The molecule has 0 aliphatic rings. The number of nitrogens with zero attached hydrogens (tertiary/aromatic N) is 2. The molecule has 2 heterocycles. The lowest BCUT2D eigenvalue weighted by Gasteiger charge is -2.11. The van der Waals surface area contributed by atoms with Crippen LogP contribution in [-0.4, -0.2) is 28.9 Å². The van der Waals surface area contributed by atoms with E-state index in [1.807, 2.05) is 12.1 Å². The molecule has 23 heavy (non-hydrogen) atoms. The number of anilines is 1. The molecular formula is C17H17N3O3. The van der Waals surface area contributed by atoms with E-state index >= 15 is 0 Å². The van der Waals surface area contributed by atoms with Gasteiger partial charge in [-0.3, -0.25) is 9.55 Å². The quantitative estimate of drug-likeness (QED) is 0.774. The zero-order valence-electron chi connectivity index (χ0n) is 12.9. The Hall–Kier alpha value is -3.15. The first-order chi connectivity index (χ1) is 11.1. The molecule has 1 aromatic carbocycles. The van der Waals surface area contributed by atoms with E-state index in [4.69, 9.17) is 15.2 Å². The predicted octanol–water partition coefficient (Wildman–Crippen LogP) is 2.84. The maximum Gasteiger partial charge on any atom is 0.143 e. The van der Waals surface area contributed by atoms with Gasteiger partial charge in [-0.15, -0.1) is 0 Å². The van der Waals surface area contributed by atoms with Crippen LogP contribution < -0.4 is 15.2 Å². The minimum atomic E-state index is 0.0930. The topological polar surface area (TPSA) is 82.5 Å². The number of nitrogens with two attached hydrogens (primary N) is 1. The number of benzene rings is 1. The van der Waals surface area contributed by atoms with E-state index < -0.39 is 0 Å². The largest absolute Gasteiger partial charge is 0.506 e. The van der Waals surface area contributed by atoms with E-state index in [0.29, 0.717) is 22.9 Å². The molecule has 0 fully saturated rings. The number of rotatable bonds is 4. The van der Waals surface area contributed by atoms with Crippen LogP contribution in [0.3, 0.4) is 0 Å². The zero-order chi connectivity index (χ0) is 16.4. The molecule has 2 aromatic heterocycles. The molecule has 6 heteroatoms. The van der Waals surface area contributed by atoms with Gasteiger partial charge >= 0.3 is 0 Å². The Morgan fingerprint density at radius 2 is 1.65 bits per heavy atom. The third-order valence-electron chi connectivity index (χ3n) is 3.61. The normalized spacial score (nSPS) is 10.5. The Morgan fingerprint density at radius 3 is 2.22 bits per heavy atom. The van der Waals surface area contributed by atoms with Crippen molar-refractivity contribution in [3.63, 3.8) is 0 Å². The summed E-state index contributed by atoms with van der Waals surface area (Å²) in [7, 11) is 3.16. The molecule has 0 atom stereocenters. The highest BCUT2D eigenvalue weighted by atomic mass is 16.5. The summed E-state index contributed by atoms with van der Waals surface area (Å²) in [6, 6.07) is 8.99. The standard InChI is InChI=1S/C17H17N3O3/c1-22-13-7-12(8-14(9-13)23-2)20-10-15(21)16(17(20)18)11-3-5-19-6-4-11/h3-10,21H,18H2,1-2H3. The van der Waals surface area contributed by atoms with Crippen LogP contribution >= 0.6 is 0 Å². The van der Waals surface area contributed by atoms with Gasteiger partial charge in [0, 0.05) is 30.6 Å². The van der Waals surface area contributed by atoms with Crippen LogP contribution in [0.15, 0.2) is 48.9 Å². The monoisotopic (exact) mass is 311 g/mol. The van der Waals surface area contributed by atoms with Crippen LogP contribution in [-0.2, 0) is 0 Å². The third-order valence-corrected chi connectivity index (χ3v) is 3.61. The number of hydrogen-bond donors (Lipinski definition) is 2. The highest BCUT2D eigenvalue weighted by Crippen LogP contribution is 2.38. The van der Waals surface area contributed by atoms with E-state index in [9.17, 15) is 5.11 Å². The average Bonchev–Trinajstić information content (AvgIpc) is 2.89. The van der Waals surface area contributed by atoms with Gasteiger partial charge in [0.25, 0.3) is 0 Å². The number of aromatic hydroxyl groups is 1. The molecule has 0 saturated heterocycles. The van der Waals surface area contributed by atoms with Crippen molar-refractivity contribution in [1.29, 1.82) is 0 Å². The van der Waals surface area contributed by atoms with Gasteiger partial charge in [-0.2, -0.15) is 0 Å². The fraction of sp³-hybridized carbons (Fsp3) is 0.118. The maximum absolute atomic E-state index is 10.3. The number of aromatic nitrogens is 2. The Bertz CT molecular complexity index is 806. The highest BCUT2D eigenvalue weighted by molar-refractivity contribution is 5.81. The second kappa shape index (κ2) is 5.92. The van der Waals surface area contributed by atoms with Crippen LogP contribution in [0, 0.1) is 0 Å². The maximum atomic E-state index is 10.3. The molecule has 118 valence electrons. The van der Waals surface area contributed by atoms with Gasteiger partial charge in [0.2, 0.25) is 0 Å². The lowest BCUT2D eigenvalue weighted by molar-refractivity contribution is 0.394. The van der Waals surface area contributed by atoms with E-state index in [0.717, 1.165) is 11.3 Å². The molecule has 0 aliphatic heterocycles. The van der Waals surface area contributed by atoms with E-state index in [-0.39, 0.29) is 5.75 Å². The number of ether oxygens (including phenoxy) is 2. The molecule has 0 radical (unpaired) electrons. The van der Waals surface area contributed by atoms with Gasteiger partial charge in [0.15, 0.2) is 0 Å². The zero-order valence-corrected chi connectivity index (χ0v) is 12.9. The summed E-state index contributed by atoms with van der Waals surface area (Å²) in [5.41, 5.74) is 8.34. The molecule has 0 aliphatic carbocycles. The molecule has 0 unspecified atom stereocenters. The van der Waals surface area contributed by atoms with Crippen molar-refractivity contribution in [2.45, 2.75) is 0 Å². The predicted molar refractivity (Wildman–Crippen MR) is 88.2 cm³/mol. The van der Waals surface area contributed by atoms with Crippen molar-refractivity contribution in [1.82, 2.24) is 9.55 Å². The van der Waals surface area contributed by atoms with Crippen molar-refractivity contribution in [2.75, 3.05) is 20.0 Å². The van der Waals surface area contributed by atoms with E-state index in [2.05, 4.69) is 4.98 Å². The SMILES string of the molecule is COc1cc(OC)cc(-n2cc(O)c(-c3ccncc3)c2N)c1. The molecule has 0 amide bonds. The van der Waals surface area contributed by atoms with Gasteiger partial charge in [-0.25, -0.2) is 0 Å². The average molecular weight is 311 g/mol. The van der Waals surface area contributed by atoms with Crippen LogP contribution in [0.25, 0.3) is 16.8 Å². The fourth-order valence-corrected chi connectivity index (χ4v) is 2.47. The summed E-state index contributed by atoms with van der Waals surface area (Å²) in [6.07, 6.45) is 4.87. The summed E-state index contributed by atoms with van der Waals surface area (Å²) in [5, 5.41) is 10.3. The highest BCUT2D eigenvalue weighted by Gasteiger charge is 2.16. The van der Waals surface area contributed by atoms with E-state index in [1.54, 1.807) is 55.6 Å². The summed E-state index contributed by atoms with van der Waals surface area (Å²) < 4.78 is 12.2. The summed E-state index contributed by atoms with van der Waals surface area (Å²) in [6.45, 7) is 0. The second-order valence-corrected chi connectivity index (χ2v) is 4.95. The number of methoxy groups -OCH3 is 2. The first-order valence-electron chi connectivity index (χ1n) is 6.97. The van der Waals surface area contributed by atoms with Crippen molar-refractivity contribution in [3.8, 4) is 34.1 Å². The molecule has 3 aromatic rings. The Balaban J connectivity index is 2.16. The number of hydrogen-bond acceptors (Lipinski definition) is 5. The first-order valence-corrected chi connectivity index (χ1v) is 6.97. The summed E-state index contributed by atoms with van der Waals surface area (Å²) >= 11 is 0. The van der Waals surface area contributed by atoms with Crippen LogP contribution in [0.5, 0.6) is 17.2 Å². The molecule has 0 spiro atoms. The fourth-order valence-electron chi connectivity index (χ4n) is 2.47. The van der Waals surface area contributed by atoms with Crippen molar-refractivity contribution < 1.29 is 14.6 Å². The summed E-state index contributed by atoms with van der Waals surface area (Å²) in [5.74, 6) is 1.79. The molecule has 3 N–H and O–H groups in total. The third kappa shape index (κ3) is 2.66. The van der Waals surface area contributed by atoms with Gasteiger partial charge in [-0.05, 0) is 17.7 Å². The van der Waals surface area contributed by atoms with Crippen LogP contribution in [0.1, 0.15) is 0 Å². The van der Waals surface area contributed by atoms with Crippen LogP contribution in [0.2, 0.25) is 0 Å². The lowest BCUT2D eigenvalue weighted by Crippen LogP contribution is -2.01. The molecule has 6 nitrogen and oxygen atoms in total. The van der Waals surface area contributed by atoms with Crippen LogP contribution in [0.4, 0.5) is 5.82 Å². The van der Waals surface area contributed by atoms with E-state index in [1.165, 1.54) is 0 Å². The molecular weight excluding hydrogens is 294 g/mol. The lowest BCUT2D eigenvalue weighted by atomic mass is 10.1. The second-order valence-electron chi connectivity index (χ2n) is 4.95. The molecule has 3 rings (SSSR count). The van der Waals surface area contributed by atoms with Gasteiger partial charge in [-0.1, -0.05) is 0 Å². The van der Waals surface area contributed by atoms with Gasteiger partial charge in [0.05, 0.1) is 31.7 Å². The Labute approximate surface area is 133 Å². The Kier molecular flexibility index (Phi) is 3.80. The Morgan fingerprint density at radius 1 is 1.04 bits per heavy atom. The van der Waals surface area contributed by atoms with Crippen molar-refractivity contribution in [3.05, 3.63) is 48.9 Å². The smallest absolute Gasteiger partial charge is 0.143 e. The number of nitrogen functional groups attached to an aromatic ring is 1. The summed E-state index contributed by atoms with van der Waals surface area (Å²) in [4.78, 5) is 3.98. The van der Waals surface area contributed by atoms with Crippen molar-refractivity contribution >= 4 is 5.82 Å². The minimum absolute atomic E-state index is 0.0930. The van der Waals surface area contributed by atoms with Gasteiger partial charge < -0.3 is 20.3 Å². The number of pyridine rings is 1. The molecule has 0 saturated carbocycles. The minimum Gasteiger partial charge on any atom is -0.506 e. The molecule has 0 bridgehead atoms. The van der Waals surface area contributed by atoms with Gasteiger partial charge in [0.1, 0.15) is 23.1 Å².